The van der Waals surface area contributed by atoms with Gasteiger partial charge in [0.1, 0.15) is 6.04 Å². The number of benzene rings is 1. The van der Waals surface area contributed by atoms with Crippen molar-refractivity contribution in [2.45, 2.75) is 63.7 Å². The fourth-order valence-corrected chi connectivity index (χ4v) is 4.66. The topological polar surface area (TPSA) is 105 Å². The molecule has 150 valence electrons. The van der Waals surface area contributed by atoms with Gasteiger partial charge in [0.2, 0.25) is 11.8 Å². The van der Waals surface area contributed by atoms with Crippen LogP contribution in [0.25, 0.3) is 0 Å². The van der Waals surface area contributed by atoms with E-state index in [4.69, 9.17) is 5.73 Å². The van der Waals surface area contributed by atoms with E-state index >= 15 is 0 Å². The number of piperidine rings is 1. The Kier molecular flexibility index (Phi) is 5.46. The summed E-state index contributed by atoms with van der Waals surface area (Å²) in [5.41, 5.74) is 8.52. The molecule has 1 saturated heterocycles. The molecule has 28 heavy (non-hydrogen) atoms. The molecule has 2 heterocycles. The summed E-state index contributed by atoms with van der Waals surface area (Å²) in [5.74, 6) is -0.147. The molecule has 3 aliphatic rings. The number of fused-ring (bicyclic) bond motifs is 1. The van der Waals surface area contributed by atoms with Crippen LogP contribution in [0.1, 0.15) is 60.0 Å². The molecule has 0 aromatic heterocycles. The van der Waals surface area contributed by atoms with Crippen LogP contribution in [0, 0.1) is 5.92 Å². The molecule has 1 aromatic carbocycles. The highest BCUT2D eigenvalue weighted by Crippen LogP contribution is 2.28. The van der Waals surface area contributed by atoms with E-state index in [-0.39, 0.29) is 24.1 Å². The lowest BCUT2D eigenvalue weighted by molar-refractivity contribution is -0.136. The van der Waals surface area contributed by atoms with E-state index < -0.39 is 6.04 Å². The van der Waals surface area contributed by atoms with Crippen molar-refractivity contribution >= 4 is 17.7 Å². The number of hydrogen-bond acceptors (Lipinski definition) is 5. The van der Waals surface area contributed by atoms with Crippen LogP contribution < -0.4 is 16.4 Å². The second-order valence-electron chi connectivity index (χ2n) is 8.24. The minimum absolute atomic E-state index is 0.118. The molecule has 7 heteroatoms. The van der Waals surface area contributed by atoms with Crippen LogP contribution >= 0.6 is 0 Å². The Hall–Kier alpha value is -2.25. The molecular formula is C21H28N4O3. The molecule has 0 radical (unpaired) electrons. The number of carbonyl (C=O) groups is 3. The van der Waals surface area contributed by atoms with E-state index in [1.807, 2.05) is 12.1 Å². The first-order valence-electron chi connectivity index (χ1n) is 10.2. The lowest BCUT2D eigenvalue weighted by Gasteiger charge is -2.29. The van der Waals surface area contributed by atoms with Crippen LogP contribution in [0.15, 0.2) is 18.2 Å². The van der Waals surface area contributed by atoms with Crippen LogP contribution in [-0.4, -0.2) is 41.2 Å². The molecule has 4 N–H and O–H groups in total. The van der Waals surface area contributed by atoms with Gasteiger partial charge in [0.15, 0.2) is 0 Å². The lowest BCUT2D eigenvalue weighted by atomic mass is 9.86. The van der Waals surface area contributed by atoms with Gasteiger partial charge in [-0.3, -0.25) is 19.7 Å². The van der Waals surface area contributed by atoms with E-state index in [1.165, 1.54) is 19.3 Å². The number of rotatable bonds is 5. The second kappa shape index (κ2) is 8.01. The van der Waals surface area contributed by atoms with Gasteiger partial charge in [0.25, 0.3) is 5.91 Å². The first-order valence-corrected chi connectivity index (χ1v) is 10.2. The molecule has 2 aliphatic heterocycles. The molecule has 1 aromatic rings. The van der Waals surface area contributed by atoms with E-state index in [9.17, 15) is 14.4 Å². The predicted molar refractivity (Wildman–Crippen MR) is 104 cm³/mol. The normalized spacial score (nSPS) is 27.7. The fourth-order valence-electron chi connectivity index (χ4n) is 4.66. The standard InChI is InChI=1S/C21H28N4O3/c22-10-13-2-1-3-16(8-13)23-11-14-4-5-15-12-25(21(28)17(15)9-14)18-6-7-19(26)24-20(18)27/h4-5,9,13,16,18,23H,1-3,6-8,10-12,22H2,(H,24,26,27). The highest BCUT2D eigenvalue weighted by atomic mass is 16.2. The predicted octanol–water partition coefficient (Wildman–Crippen LogP) is 1.05. The third-order valence-electron chi connectivity index (χ3n) is 6.30. The molecule has 2 fully saturated rings. The fraction of sp³-hybridized carbons (Fsp3) is 0.571. The molecule has 0 spiro atoms. The van der Waals surface area contributed by atoms with Crippen molar-refractivity contribution in [2.24, 2.45) is 11.7 Å². The average molecular weight is 384 g/mol. The number of hydrogen-bond donors (Lipinski definition) is 3. The van der Waals surface area contributed by atoms with Gasteiger partial charge in [-0.15, -0.1) is 0 Å². The summed E-state index contributed by atoms with van der Waals surface area (Å²) >= 11 is 0. The van der Waals surface area contributed by atoms with Crippen molar-refractivity contribution in [1.82, 2.24) is 15.5 Å². The van der Waals surface area contributed by atoms with Crippen LogP contribution in [0.5, 0.6) is 0 Å². The highest BCUT2D eigenvalue weighted by molar-refractivity contribution is 6.05. The van der Waals surface area contributed by atoms with Crippen LogP contribution in [0.4, 0.5) is 0 Å². The van der Waals surface area contributed by atoms with Gasteiger partial charge in [0, 0.05) is 31.1 Å². The maximum absolute atomic E-state index is 12.9. The Bertz CT molecular complexity index is 794. The minimum atomic E-state index is -0.561. The molecule has 1 saturated carbocycles. The summed E-state index contributed by atoms with van der Waals surface area (Å²) < 4.78 is 0. The van der Waals surface area contributed by atoms with E-state index in [0.29, 0.717) is 30.5 Å². The zero-order valence-corrected chi connectivity index (χ0v) is 16.1. The Morgan fingerprint density at radius 1 is 1.18 bits per heavy atom. The maximum atomic E-state index is 12.9. The van der Waals surface area contributed by atoms with Gasteiger partial charge < -0.3 is 16.0 Å². The summed E-state index contributed by atoms with van der Waals surface area (Å²) in [7, 11) is 0. The molecular weight excluding hydrogens is 356 g/mol. The lowest BCUT2D eigenvalue weighted by Crippen LogP contribution is -2.52. The van der Waals surface area contributed by atoms with Gasteiger partial charge in [-0.2, -0.15) is 0 Å². The van der Waals surface area contributed by atoms with E-state index in [2.05, 4.69) is 16.7 Å². The Labute approximate surface area is 165 Å². The SMILES string of the molecule is NCC1CCCC(NCc2ccc3c(c2)C(=O)N(C2CCC(=O)NC2=O)C3)C1. The van der Waals surface area contributed by atoms with E-state index in [0.717, 1.165) is 30.6 Å². The quantitative estimate of drug-likeness (QED) is 0.659. The molecule has 3 unspecified atom stereocenters. The largest absolute Gasteiger partial charge is 0.330 e. The van der Waals surface area contributed by atoms with Gasteiger partial charge >= 0.3 is 0 Å². The second-order valence-corrected chi connectivity index (χ2v) is 8.24. The molecule has 1 aliphatic carbocycles. The number of carbonyl (C=O) groups excluding carboxylic acids is 3. The van der Waals surface area contributed by atoms with Gasteiger partial charge in [-0.05, 0) is 55.3 Å². The summed E-state index contributed by atoms with van der Waals surface area (Å²) in [6.07, 6.45) is 5.38. The first kappa shape index (κ1) is 19.1. The number of nitrogens with zero attached hydrogens (tertiary/aromatic N) is 1. The molecule has 7 nitrogen and oxygen atoms in total. The van der Waals surface area contributed by atoms with E-state index in [1.54, 1.807) is 4.90 Å². The molecule has 3 amide bonds. The number of amides is 3. The summed E-state index contributed by atoms with van der Waals surface area (Å²) in [6.45, 7) is 1.90. The Balaban J connectivity index is 1.40. The van der Waals surface area contributed by atoms with Crippen LogP contribution in [0.3, 0.4) is 0 Å². The average Bonchev–Trinajstić information content (AvgIpc) is 3.02. The molecule has 0 bridgehead atoms. The van der Waals surface area contributed by atoms with Crippen molar-refractivity contribution in [2.75, 3.05) is 6.54 Å². The highest BCUT2D eigenvalue weighted by Gasteiger charge is 2.39. The summed E-state index contributed by atoms with van der Waals surface area (Å²) in [4.78, 5) is 38.0. The monoisotopic (exact) mass is 384 g/mol. The summed E-state index contributed by atoms with van der Waals surface area (Å²) in [6, 6.07) is 5.90. The zero-order valence-electron chi connectivity index (χ0n) is 16.1. The smallest absolute Gasteiger partial charge is 0.255 e. The Morgan fingerprint density at radius 2 is 2.04 bits per heavy atom. The van der Waals surface area contributed by atoms with Crippen LogP contribution in [-0.2, 0) is 22.7 Å². The third kappa shape index (κ3) is 3.82. The maximum Gasteiger partial charge on any atom is 0.255 e. The first-order chi connectivity index (χ1) is 13.5. The third-order valence-corrected chi connectivity index (χ3v) is 6.30. The van der Waals surface area contributed by atoms with Crippen molar-refractivity contribution in [3.8, 4) is 0 Å². The van der Waals surface area contributed by atoms with Crippen LogP contribution in [0.2, 0.25) is 0 Å². The minimum Gasteiger partial charge on any atom is -0.330 e. The van der Waals surface area contributed by atoms with Crippen molar-refractivity contribution in [1.29, 1.82) is 0 Å². The molecule has 3 atom stereocenters. The van der Waals surface area contributed by atoms with Crippen molar-refractivity contribution < 1.29 is 14.4 Å². The summed E-state index contributed by atoms with van der Waals surface area (Å²) in [5, 5.41) is 5.95. The van der Waals surface area contributed by atoms with Crippen molar-refractivity contribution in [3.05, 3.63) is 34.9 Å². The van der Waals surface area contributed by atoms with Gasteiger partial charge in [0.05, 0.1) is 0 Å². The number of nitrogens with one attached hydrogen (secondary N) is 2. The number of imide groups is 1. The van der Waals surface area contributed by atoms with Gasteiger partial charge in [-0.25, -0.2) is 0 Å². The van der Waals surface area contributed by atoms with Gasteiger partial charge in [-0.1, -0.05) is 18.6 Å². The van der Waals surface area contributed by atoms with Crippen molar-refractivity contribution in [3.63, 3.8) is 0 Å². The number of nitrogens with two attached hydrogens (primary N) is 1. The Morgan fingerprint density at radius 3 is 2.82 bits per heavy atom. The zero-order chi connectivity index (χ0) is 19.7. The molecule has 4 rings (SSSR count).